The summed E-state index contributed by atoms with van der Waals surface area (Å²) in [6.45, 7) is 1.61. The van der Waals surface area contributed by atoms with Gasteiger partial charge >= 0.3 is 7.12 Å². The maximum absolute atomic E-state index is 12.7. The van der Waals surface area contributed by atoms with Crippen molar-refractivity contribution in [1.29, 1.82) is 0 Å². The summed E-state index contributed by atoms with van der Waals surface area (Å²) < 4.78 is 1.25. The van der Waals surface area contributed by atoms with Crippen LogP contribution in [-0.2, 0) is 9.59 Å². The number of nitrogens with one attached hydrogen (secondary N) is 1. The number of carbonyl (C=O) groups excluding carboxylic acids is 2. The summed E-state index contributed by atoms with van der Waals surface area (Å²) in [5, 5.41) is 20.9. The first-order valence-electron chi connectivity index (χ1n) is 7.11. The van der Waals surface area contributed by atoms with Crippen LogP contribution in [0.2, 0.25) is 0 Å². The second kappa shape index (κ2) is 5.60. The molecule has 3 rings (SSSR count). The Balaban J connectivity index is 2.19. The lowest BCUT2D eigenvalue weighted by molar-refractivity contribution is -0.135. The molecule has 3 N–H and O–H groups in total. The van der Waals surface area contributed by atoms with Crippen molar-refractivity contribution in [1.82, 2.24) is 14.9 Å². The first-order valence-corrected chi connectivity index (χ1v) is 7.11. The molecule has 1 saturated heterocycles. The number of imide groups is 1. The molecule has 2 aromatic rings. The molecule has 1 aliphatic heterocycles. The zero-order valence-corrected chi connectivity index (χ0v) is 12.3. The van der Waals surface area contributed by atoms with Gasteiger partial charge in [0, 0.05) is 6.42 Å². The fourth-order valence-electron chi connectivity index (χ4n) is 2.78. The molecule has 8 nitrogen and oxygen atoms in total. The Morgan fingerprint density at radius 1 is 1.30 bits per heavy atom. The molecule has 1 unspecified atom stereocenters. The van der Waals surface area contributed by atoms with Gasteiger partial charge in [0.05, 0.1) is 10.9 Å². The van der Waals surface area contributed by atoms with Crippen LogP contribution in [0, 0.1) is 6.92 Å². The first-order chi connectivity index (χ1) is 10.9. The van der Waals surface area contributed by atoms with Crippen molar-refractivity contribution < 1.29 is 19.6 Å². The number of fused-ring (bicyclic) bond motifs is 1. The van der Waals surface area contributed by atoms with Crippen molar-refractivity contribution in [3.63, 3.8) is 0 Å². The Bertz CT molecular complexity index is 877. The van der Waals surface area contributed by atoms with Gasteiger partial charge in [-0.25, -0.2) is 4.98 Å². The van der Waals surface area contributed by atoms with Crippen molar-refractivity contribution in [2.45, 2.75) is 25.8 Å². The summed E-state index contributed by atoms with van der Waals surface area (Å²) in [6.07, 6.45) is 0.372. The van der Waals surface area contributed by atoms with Crippen LogP contribution < -0.4 is 16.3 Å². The molecule has 118 valence electrons. The Hall–Kier alpha value is -2.52. The van der Waals surface area contributed by atoms with E-state index in [4.69, 9.17) is 0 Å². The molecule has 1 aliphatic rings. The number of aryl methyl sites for hydroxylation is 1. The first kappa shape index (κ1) is 15.4. The summed E-state index contributed by atoms with van der Waals surface area (Å²) in [7, 11) is -1.70. The number of carbonyl (C=O) groups is 2. The lowest BCUT2D eigenvalue weighted by atomic mass is 9.80. The fraction of sp³-hybridized carbons (Fsp3) is 0.286. The van der Waals surface area contributed by atoms with Crippen LogP contribution in [-0.4, -0.2) is 38.5 Å². The Kier molecular flexibility index (Phi) is 3.74. The van der Waals surface area contributed by atoms with E-state index in [0.717, 1.165) is 0 Å². The molecule has 2 amide bonds. The van der Waals surface area contributed by atoms with E-state index in [-0.39, 0.29) is 29.6 Å². The molecule has 1 fully saturated rings. The normalized spacial score (nSPS) is 18.1. The number of aromatic nitrogens is 2. The Morgan fingerprint density at radius 2 is 2.04 bits per heavy atom. The summed E-state index contributed by atoms with van der Waals surface area (Å²) in [4.78, 5) is 40.3. The number of amides is 2. The van der Waals surface area contributed by atoms with Crippen LogP contribution in [0.1, 0.15) is 24.7 Å². The molecule has 0 radical (unpaired) electrons. The molecule has 2 heterocycles. The van der Waals surface area contributed by atoms with Crippen LogP contribution >= 0.6 is 0 Å². The highest BCUT2D eigenvalue weighted by Gasteiger charge is 2.30. The molecular weight excluding hydrogens is 301 g/mol. The molecule has 0 saturated carbocycles. The summed E-state index contributed by atoms with van der Waals surface area (Å²) in [6, 6.07) is 3.53. The predicted octanol–water partition coefficient (Wildman–Crippen LogP) is -1.64. The van der Waals surface area contributed by atoms with Gasteiger partial charge in [0.15, 0.2) is 0 Å². The molecule has 1 aromatic carbocycles. The standard InChI is InChI=1S/C14H14BN3O5/c1-7-16-10-3-2-8(15(22)23)6-9(10)14(21)18(7)11-4-5-12(19)17-13(11)20/h2-3,6,11,22-23H,4-5H2,1H3,(H,17,19,20). The number of benzene rings is 1. The Morgan fingerprint density at radius 3 is 2.70 bits per heavy atom. The minimum atomic E-state index is -1.70. The third-order valence-electron chi connectivity index (χ3n) is 3.92. The van der Waals surface area contributed by atoms with Crippen LogP contribution in [0.4, 0.5) is 0 Å². The van der Waals surface area contributed by atoms with Gasteiger partial charge in [-0.15, -0.1) is 0 Å². The maximum Gasteiger partial charge on any atom is 0.488 e. The van der Waals surface area contributed by atoms with E-state index in [9.17, 15) is 24.4 Å². The van der Waals surface area contributed by atoms with Gasteiger partial charge in [-0.05, 0) is 30.9 Å². The lowest BCUT2D eigenvalue weighted by Crippen LogP contribution is -2.45. The van der Waals surface area contributed by atoms with Gasteiger partial charge in [-0.1, -0.05) is 6.07 Å². The largest absolute Gasteiger partial charge is 0.488 e. The molecule has 1 aromatic heterocycles. The lowest BCUT2D eigenvalue weighted by Gasteiger charge is -2.24. The van der Waals surface area contributed by atoms with E-state index >= 15 is 0 Å². The minimum absolute atomic E-state index is 0.149. The van der Waals surface area contributed by atoms with E-state index in [2.05, 4.69) is 10.3 Å². The van der Waals surface area contributed by atoms with Crippen LogP contribution in [0.25, 0.3) is 10.9 Å². The van der Waals surface area contributed by atoms with Gasteiger partial charge < -0.3 is 10.0 Å². The van der Waals surface area contributed by atoms with Crippen molar-refractivity contribution in [3.05, 3.63) is 34.4 Å². The van der Waals surface area contributed by atoms with E-state index < -0.39 is 24.6 Å². The minimum Gasteiger partial charge on any atom is -0.423 e. The van der Waals surface area contributed by atoms with Crippen LogP contribution in [0.5, 0.6) is 0 Å². The second-order valence-electron chi connectivity index (χ2n) is 5.45. The highest BCUT2D eigenvalue weighted by Crippen LogP contribution is 2.19. The highest BCUT2D eigenvalue weighted by molar-refractivity contribution is 6.58. The van der Waals surface area contributed by atoms with E-state index in [0.29, 0.717) is 11.3 Å². The van der Waals surface area contributed by atoms with Crippen LogP contribution in [0.15, 0.2) is 23.0 Å². The van der Waals surface area contributed by atoms with Gasteiger partial charge in [0.2, 0.25) is 11.8 Å². The number of hydrogen-bond acceptors (Lipinski definition) is 6. The zero-order valence-electron chi connectivity index (χ0n) is 12.3. The molecule has 0 spiro atoms. The fourth-order valence-corrected chi connectivity index (χ4v) is 2.78. The highest BCUT2D eigenvalue weighted by atomic mass is 16.4. The number of rotatable bonds is 2. The molecule has 0 aliphatic carbocycles. The average molecular weight is 315 g/mol. The summed E-state index contributed by atoms with van der Waals surface area (Å²) in [5.41, 5.74) is 0.111. The molecule has 23 heavy (non-hydrogen) atoms. The third kappa shape index (κ3) is 2.64. The quantitative estimate of drug-likeness (QED) is 0.451. The van der Waals surface area contributed by atoms with Gasteiger partial charge in [-0.3, -0.25) is 24.3 Å². The number of piperidine rings is 1. The molecule has 0 bridgehead atoms. The molecule has 9 heteroatoms. The van der Waals surface area contributed by atoms with Crippen LogP contribution in [0.3, 0.4) is 0 Å². The van der Waals surface area contributed by atoms with E-state index in [1.807, 2.05) is 0 Å². The zero-order chi connectivity index (χ0) is 16.7. The van der Waals surface area contributed by atoms with E-state index in [1.165, 1.54) is 22.8 Å². The average Bonchev–Trinajstić information content (AvgIpc) is 2.49. The summed E-state index contributed by atoms with van der Waals surface area (Å²) in [5.74, 6) is -0.545. The van der Waals surface area contributed by atoms with Gasteiger partial charge in [0.25, 0.3) is 5.56 Å². The molecule has 1 atom stereocenters. The third-order valence-corrected chi connectivity index (χ3v) is 3.92. The monoisotopic (exact) mass is 315 g/mol. The number of hydrogen-bond donors (Lipinski definition) is 3. The van der Waals surface area contributed by atoms with Crippen molar-refractivity contribution >= 4 is 35.3 Å². The van der Waals surface area contributed by atoms with Gasteiger partial charge in [-0.2, -0.15) is 0 Å². The van der Waals surface area contributed by atoms with Crippen molar-refractivity contribution in [3.8, 4) is 0 Å². The predicted molar refractivity (Wildman–Crippen MR) is 82.0 cm³/mol. The molecular formula is C14H14BN3O5. The maximum atomic E-state index is 12.7. The van der Waals surface area contributed by atoms with Gasteiger partial charge in [0.1, 0.15) is 11.9 Å². The second-order valence-corrected chi connectivity index (χ2v) is 5.45. The van der Waals surface area contributed by atoms with Crippen molar-refractivity contribution in [2.24, 2.45) is 0 Å². The van der Waals surface area contributed by atoms with Crippen molar-refractivity contribution in [2.75, 3.05) is 0 Å². The SMILES string of the molecule is Cc1nc2ccc(B(O)O)cc2c(=O)n1C1CCC(=O)NC1=O. The smallest absolute Gasteiger partial charge is 0.423 e. The topological polar surface area (TPSA) is 122 Å². The Labute approximate surface area is 130 Å². The summed E-state index contributed by atoms with van der Waals surface area (Å²) >= 11 is 0. The number of nitrogens with zero attached hydrogens (tertiary/aromatic N) is 2. The van der Waals surface area contributed by atoms with E-state index in [1.54, 1.807) is 6.92 Å².